The first-order valence-corrected chi connectivity index (χ1v) is 21.5. The van der Waals surface area contributed by atoms with Crippen LogP contribution in [0.1, 0.15) is 158 Å². The molecule has 0 radical (unpaired) electrons. The van der Waals surface area contributed by atoms with Crippen molar-refractivity contribution in [3.8, 4) is 0 Å². The van der Waals surface area contributed by atoms with Crippen LogP contribution in [0, 0.1) is 10.8 Å². The second-order valence-electron chi connectivity index (χ2n) is 15.5. The minimum Gasteiger partial charge on any atom is -0.465 e. The first-order valence-electron chi connectivity index (χ1n) is 21.5. The number of esters is 2. The van der Waals surface area contributed by atoms with Gasteiger partial charge in [-0.3, -0.25) is 9.59 Å². The second-order valence-corrected chi connectivity index (χ2v) is 15.5. The normalized spacial score (nSPS) is 13.3. The van der Waals surface area contributed by atoms with E-state index < -0.39 is 10.8 Å². The summed E-state index contributed by atoms with van der Waals surface area (Å²) in [6.07, 6.45) is 64.6. The van der Waals surface area contributed by atoms with Gasteiger partial charge >= 0.3 is 11.9 Å². The van der Waals surface area contributed by atoms with Crippen molar-refractivity contribution < 1.29 is 19.1 Å². The minimum atomic E-state index is -0.408. The average molecular weight is 771 g/mol. The van der Waals surface area contributed by atoms with Crippen molar-refractivity contribution in [2.24, 2.45) is 10.8 Å². The van der Waals surface area contributed by atoms with Gasteiger partial charge in [0.15, 0.2) is 0 Å². The SMILES string of the molecule is CC/C=C\C/C=C\C/C=C\C/C=C\C/C=C\C/C=C\CCCOC(=O)C(C)(C)C.CC/C=C\C/C=C\C/C=C\C/C=C\C/C=C\CCCCOC(=O)C(C)(C)C. The fraction of sp³-hybridized carbons (Fsp3) is 0.538. The van der Waals surface area contributed by atoms with E-state index in [2.05, 4.69) is 148 Å². The van der Waals surface area contributed by atoms with Crippen LogP contribution >= 0.6 is 0 Å². The monoisotopic (exact) mass is 771 g/mol. The Kier molecular flexibility index (Phi) is 39.4. The van der Waals surface area contributed by atoms with Gasteiger partial charge in [-0.25, -0.2) is 0 Å². The van der Waals surface area contributed by atoms with E-state index in [4.69, 9.17) is 9.47 Å². The van der Waals surface area contributed by atoms with Gasteiger partial charge in [0.25, 0.3) is 0 Å². The Hall–Kier alpha value is -3.92. The van der Waals surface area contributed by atoms with Gasteiger partial charge in [0.1, 0.15) is 0 Å². The van der Waals surface area contributed by atoms with E-state index >= 15 is 0 Å². The maximum Gasteiger partial charge on any atom is 0.311 e. The number of rotatable bonds is 29. The number of unbranched alkanes of at least 4 members (excludes halogenated alkanes) is 3. The highest BCUT2D eigenvalue weighted by molar-refractivity contribution is 5.75. The van der Waals surface area contributed by atoms with Gasteiger partial charge in [0, 0.05) is 0 Å². The zero-order chi connectivity index (χ0) is 41.9. The zero-order valence-electron chi connectivity index (χ0n) is 37.1. The zero-order valence-corrected chi connectivity index (χ0v) is 37.1. The smallest absolute Gasteiger partial charge is 0.311 e. The molecule has 314 valence electrons. The highest BCUT2D eigenvalue weighted by atomic mass is 16.5. The van der Waals surface area contributed by atoms with Crippen LogP contribution in [0.15, 0.2) is 134 Å². The van der Waals surface area contributed by atoms with Crippen LogP contribution in [0.25, 0.3) is 0 Å². The van der Waals surface area contributed by atoms with E-state index in [-0.39, 0.29) is 11.9 Å². The highest BCUT2D eigenvalue weighted by Gasteiger charge is 2.23. The van der Waals surface area contributed by atoms with Crippen LogP contribution in [0.4, 0.5) is 0 Å². The third-order valence-corrected chi connectivity index (χ3v) is 7.73. The first kappa shape index (κ1) is 54.2. The predicted octanol–water partition coefficient (Wildman–Crippen LogP) is 15.6. The molecule has 0 heterocycles. The topological polar surface area (TPSA) is 52.6 Å². The Labute approximate surface area is 345 Å². The lowest BCUT2D eigenvalue weighted by atomic mass is 9.97. The van der Waals surface area contributed by atoms with E-state index in [9.17, 15) is 9.59 Å². The number of carbonyl (C=O) groups excluding carboxylic acids is 2. The molecule has 56 heavy (non-hydrogen) atoms. The van der Waals surface area contributed by atoms with E-state index in [1.165, 1.54) is 0 Å². The molecule has 0 aromatic rings. The minimum absolute atomic E-state index is 0.114. The molecule has 0 aromatic carbocycles. The van der Waals surface area contributed by atoms with Crippen LogP contribution in [0.5, 0.6) is 0 Å². The molecular weight excluding hydrogens is 689 g/mol. The van der Waals surface area contributed by atoms with Crippen LogP contribution in [0.2, 0.25) is 0 Å². The van der Waals surface area contributed by atoms with Crippen molar-refractivity contribution in [2.45, 2.75) is 158 Å². The number of carbonyl (C=O) groups is 2. The quantitative estimate of drug-likeness (QED) is 0.0432. The maximum atomic E-state index is 11.6. The molecule has 0 aromatic heterocycles. The molecular formula is C52H82O4. The highest BCUT2D eigenvalue weighted by Crippen LogP contribution is 2.16. The molecule has 0 aliphatic carbocycles. The summed E-state index contributed by atoms with van der Waals surface area (Å²) < 4.78 is 10.5. The molecule has 0 saturated carbocycles. The Morgan fingerprint density at radius 3 is 0.839 bits per heavy atom. The summed E-state index contributed by atoms with van der Waals surface area (Å²) in [5.41, 5.74) is -0.807. The van der Waals surface area contributed by atoms with Gasteiger partial charge in [-0.15, -0.1) is 0 Å². The molecule has 0 atom stereocenters. The molecule has 0 bridgehead atoms. The summed E-state index contributed by atoms with van der Waals surface area (Å²) in [6, 6.07) is 0. The van der Waals surface area contributed by atoms with Crippen molar-refractivity contribution >= 4 is 11.9 Å². The number of ether oxygens (including phenoxy) is 2. The Morgan fingerprint density at radius 1 is 0.339 bits per heavy atom. The fourth-order valence-corrected chi connectivity index (χ4v) is 4.34. The maximum absolute atomic E-state index is 11.6. The Morgan fingerprint density at radius 2 is 0.571 bits per heavy atom. The third kappa shape index (κ3) is 44.5. The predicted molar refractivity (Wildman–Crippen MR) is 247 cm³/mol. The molecule has 0 aliphatic heterocycles. The summed E-state index contributed by atoms with van der Waals surface area (Å²) in [5.74, 6) is -0.238. The van der Waals surface area contributed by atoms with Gasteiger partial charge < -0.3 is 9.47 Å². The second kappa shape index (κ2) is 40.7. The van der Waals surface area contributed by atoms with Crippen molar-refractivity contribution in [1.29, 1.82) is 0 Å². The van der Waals surface area contributed by atoms with Gasteiger partial charge in [-0.2, -0.15) is 0 Å². The van der Waals surface area contributed by atoms with Crippen LogP contribution in [-0.2, 0) is 19.1 Å². The molecule has 0 spiro atoms. The third-order valence-electron chi connectivity index (χ3n) is 7.73. The molecule has 4 nitrogen and oxygen atoms in total. The molecule has 0 rings (SSSR count). The van der Waals surface area contributed by atoms with Crippen molar-refractivity contribution in [1.82, 2.24) is 0 Å². The van der Waals surface area contributed by atoms with Gasteiger partial charge in [-0.1, -0.05) is 148 Å². The average Bonchev–Trinajstić information content (AvgIpc) is 3.15. The molecule has 0 aliphatic rings. The summed E-state index contributed by atoms with van der Waals surface area (Å²) in [4.78, 5) is 23.2. The Balaban J connectivity index is 0. The lowest BCUT2D eigenvalue weighted by molar-refractivity contribution is -0.153. The van der Waals surface area contributed by atoms with E-state index in [1.54, 1.807) is 0 Å². The van der Waals surface area contributed by atoms with E-state index in [0.29, 0.717) is 13.2 Å². The van der Waals surface area contributed by atoms with Crippen LogP contribution in [0.3, 0.4) is 0 Å². The summed E-state index contributed by atoms with van der Waals surface area (Å²) in [7, 11) is 0. The molecule has 0 N–H and O–H groups in total. The summed E-state index contributed by atoms with van der Waals surface area (Å²) in [6.45, 7) is 16.6. The van der Waals surface area contributed by atoms with Crippen LogP contribution < -0.4 is 0 Å². The van der Waals surface area contributed by atoms with Gasteiger partial charge in [0.05, 0.1) is 24.0 Å². The lowest BCUT2D eigenvalue weighted by Gasteiger charge is -2.16. The van der Waals surface area contributed by atoms with Crippen molar-refractivity contribution in [3.63, 3.8) is 0 Å². The number of allylic oxidation sites excluding steroid dienone is 22. The Bertz CT molecular complexity index is 1260. The molecule has 0 unspecified atom stereocenters. The number of hydrogen-bond acceptors (Lipinski definition) is 4. The standard InChI is InChI=1S/C27H42O2.C25H40O2/c1-5-6-7-8-9-10-11-12-13-14-15-16-17-18-19-20-21-22-23-24-25-29-26(28)27(2,3)4;1-5-6-7-8-9-10-11-12-13-14-15-16-17-18-19-20-21-22-23-27-24(26)25(2,3)4/h6-7,9-10,12-13,15-16,18-19,21-22H,5,8,11,14,17,20,23-25H2,1-4H3;6-7,9-10,12-13,15-16,18-19H,5,8,11,14,17,20-23H2,1-4H3/b7-6-,10-9-,13-12-,16-15-,19-18-,22-21-;7-6-,10-9-,13-12-,16-15-,19-18-. The van der Waals surface area contributed by atoms with Crippen LogP contribution in [-0.4, -0.2) is 25.2 Å². The molecule has 0 fully saturated rings. The van der Waals surface area contributed by atoms with Gasteiger partial charge in [-0.05, 0) is 144 Å². The molecule has 4 heteroatoms. The summed E-state index contributed by atoms with van der Waals surface area (Å²) in [5, 5.41) is 0. The lowest BCUT2D eigenvalue weighted by Crippen LogP contribution is -2.23. The number of hydrogen-bond donors (Lipinski definition) is 0. The first-order chi connectivity index (χ1) is 27.0. The van der Waals surface area contributed by atoms with E-state index in [0.717, 1.165) is 103 Å². The van der Waals surface area contributed by atoms with E-state index in [1.807, 2.05) is 41.5 Å². The molecule has 0 saturated heterocycles. The van der Waals surface area contributed by atoms with Gasteiger partial charge in [0.2, 0.25) is 0 Å². The largest absolute Gasteiger partial charge is 0.465 e. The van der Waals surface area contributed by atoms with Crippen molar-refractivity contribution in [2.75, 3.05) is 13.2 Å². The molecule has 0 amide bonds. The summed E-state index contributed by atoms with van der Waals surface area (Å²) >= 11 is 0. The fourth-order valence-electron chi connectivity index (χ4n) is 4.34. The van der Waals surface area contributed by atoms with Crippen molar-refractivity contribution in [3.05, 3.63) is 134 Å².